The highest BCUT2D eigenvalue weighted by atomic mass is 16.5. The summed E-state index contributed by atoms with van der Waals surface area (Å²) in [5.74, 6) is -4.96. The Morgan fingerprint density at radius 2 is 1.53 bits per heavy atom. The minimum atomic E-state index is -3.12. The summed E-state index contributed by atoms with van der Waals surface area (Å²) >= 11 is 0. The highest BCUT2D eigenvalue weighted by Crippen LogP contribution is 2.17. The highest BCUT2D eigenvalue weighted by molar-refractivity contribution is 5.72. The number of carbonyl (C=O) groups is 1. The summed E-state index contributed by atoms with van der Waals surface area (Å²) in [6, 6.07) is 0. The fourth-order valence-corrected chi connectivity index (χ4v) is 0.817. The summed E-state index contributed by atoms with van der Waals surface area (Å²) in [5.41, 5.74) is 0. The molecule has 0 bridgehead atoms. The van der Waals surface area contributed by atoms with E-state index in [1.165, 1.54) is 0 Å². The van der Waals surface area contributed by atoms with Gasteiger partial charge in [0, 0.05) is 0 Å². The van der Waals surface area contributed by atoms with Gasteiger partial charge in [-0.25, -0.2) is 4.79 Å². The topological polar surface area (TPSA) is 159 Å². The molecule has 8 nitrogen and oxygen atoms in total. The monoisotopic (exact) mass is 226 g/mol. The second-order valence-electron chi connectivity index (χ2n) is 3.18. The fourth-order valence-electron chi connectivity index (χ4n) is 0.817. The number of rotatable bonds is 5. The van der Waals surface area contributed by atoms with Gasteiger partial charge in [0.05, 0.1) is 0 Å². The molecule has 0 aromatic carbocycles. The fraction of sp³-hybridized carbons (Fsp3) is 0.857. The molecule has 0 aliphatic heterocycles. The van der Waals surface area contributed by atoms with Crippen LogP contribution in [0, 0.1) is 0 Å². The largest absolute Gasteiger partial charge is 0.479 e. The summed E-state index contributed by atoms with van der Waals surface area (Å²) in [6.07, 6.45) is -9.00. The van der Waals surface area contributed by atoms with Crippen molar-refractivity contribution in [3.8, 4) is 0 Å². The number of hydrogen-bond acceptors (Lipinski definition) is 7. The average Bonchev–Trinajstić information content (AvgIpc) is 2.13. The third-order valence-corrected chi connectivity index (χ3v) is 1.95. The van der Waals surface area contributed by atoms with Crippen LogP contribution in [0.3, 0.4) is 0 Å². The Hall–Kier alpha value is -0.770. The van der Waals surface area contributed by atoms with Crippen molar-refractivity contribution in [1.82, 2.24) is 0 Å². The molecule has 0 amide bonds. The van der Waals surface area contributed by atoms with Crippen molar-refractivity contribution in [2.24, 2.45) is 0 Å². The van der Waals surface area contributed by atoms with E-state index in [-0.39, 0.29) is 0 Å². The van der Waals surface area contributed by atoms with E-state index in [1.54, 1.807) is 0 Å². The zero-order chi connectivity index (χ0) is 12.4. The van der Waals surface area contributed by atoms with Gasteiger partial charge in [0.15, 0.2) is 6.10 Å². The lowest BCUT2D eigenvalue weighted by Crippen LogP contribution is -2.59. The van der Waals surface area contributed by atoms with E-state index in [1.807, 2.05) is 0 Å². The number of aliphatic hydroxyl groups excluding tert-OH is 4. The van der Waals surface area contributed by atoms with Crippen molar-refractivity contribution >= 4 is 5.97 Å². The molecule has 4 unspecified atom stereocenters. The first kappa shape index (κ1) is 14.2. The molecule has 7 N–H and O–H groups in total. The van der Waals surface area contributed by atoms with Crippen molar-refractivity contribution in [1.29, 1.82) is 0 Å². The second-order valence-corrected chi connectivity index (χ2v) is 3.18. The van der Waals surface area contributed by atoms with E-state index in [0.29, 0.717) is 0 Å². The summed E-state index contributed by atoms with van der Waals surface area (Å²) in [6.45, 7) is 0.906. The summed E-state index contributed by atoms with van der Waals surface area (Å²) in [4.78, 5) is 10.2. The van der Waals surface area contributed by atoms with Gasteiger partial charge in [-0.05, 0) is 6.92 Å². The van der Waals surface area contributed by atoms with Gasteiger partial charge in [-0.2, -0.15) is 0 Å². The third-order valence-electron chi connectivity index (χ3n) is 1.95. The first-order valence-electron chi connectivity index (χ1n) is 4.02. The maximum Gasteiger partial charge on any atom is 0.335 e. The van der Waals surface area contributed by atoms with E-state index in [9.17, 15) is 4.79 Å². The van der Waals surface area contributed by atoms with Crippen LogP contribution < -0.4 is 0 Å². The lowest BCUT2D eigenvalue weighted by molar-refractivity contribution is -0.293. The molecular formula is C7H14O8. The molecule has 0 radical (unpaired) electrons. The molecule has 0 heterocycles. The van der Waals surface area contributed by atoms with Crippen molar-refractivity contribution < 1.29 is 40.5 Å². The summed E-state index contributed by atoms with van der Waals surface area (Å²) < 4.78 is 0. The number of aliphatic hydroxyl groups is 6. The predicted molar refractivity (Wildman–Crippen MR) is 44.5 cm³/mol. The Bertz CT molecular complexity index is 225. The second kappa shape index (κ2) is 4.84. The Morgan fingerprint density at radius 3 is 1.80 bits per heavy atom. The predicted octanol–water partition coefficient (Wildman–Crippen LogP) is -3.78. The van der Waals surface area contributed by atoms with Gasteiger partial charge in [-0.15, -0.1) is 0 Å². The van der Waals surface area contributed by atoms with Crippen LogP contribution in [0.4, 0.5) is 0 Å². The molecule has 90 valence electrons. The summed E-state index contributed by atoms with van der Waals surface area (Å²) in [5, 5.41) is 62.1. The zero-order valence-corrected chi connectivity index (χ0v) is 7.85. The van der Waals surface area contributed by atoms with E-state index < -0.39 is 36.2 Å². The maximum absolute atomic E-state index is 10.2. The minimum absolute atomic E-state index is 0.906. The molecule has 0 rings (SSSR count). The molecule has 0 aliphatic carbocycles. The van der Waals surface area contributed by atoms with Crippen LogP contribution in [-0.2, 0) is 4.79 Å². The number of aliphatic carboxylic acids is 1. The summed E-state index contributed by atoms with van der Waals surface area (Å²) in [7, 11) is 0. The molecule has 0 fully saturated rings. The van der Waals surface area contributed by atoms with Crippen LogP contribution in [0.15, 0.2) is 0 Å². The lowest BCUT2D eigenvalue weighted by atomic mass is 9.96. The van der Waals surface area contributed by atoms with Gasteiger partial charge < -0.3 is 35.7 Å². The van der Waals surface area contributed by atoms with Crippen LogP contribution >= 0.6 is 0 Å². The van der Waals surface area contributed by atoms with Gasteiger partial charge in [0.2, 0.25) is 5.79 Å². The SMILES string of the molecule is CC(O)C(O)(O)C(O)C(O)C(O)C(=O)O. The van der Waals surface area contributed by atoms with Gasteiger partial charge in [-0.3, -0.25) is 0 Å². The van der Waals surface area contributed by atoms with Gasteiger partial charge in [0.1, 0.15) is 18.3 Å². The molecule has 0 aliphatic rings. The molecule has 0 aromatic rings. The molecule has 0 saturated carbocycles. The Labute approximate surface area is 84.7 Å². The van der Waals surface area contributed by atoms with Gasteiger partial charge in [-0.1, -0.05) is 0 Å². The molecule has 4 atom stereocenters. The highest BCUT2D eigenvalue weighted by Gasteiger charge is 2.46. The number of hydrogen-bond donors (Lipinski definition) is 7. The number of carboxylic acid groups (broad SMARTS) is 1. The van der Waals surface area contributed by atoms with Crippen molar-refractivity contribution in [3.63, 3.8) is 0 Å². The van der Waals surface area contributed by atoms with Crippen LogP contribution in [0.2, 0.25) is 0 Å². The average molecular weight is 226 g/mol. The van der Waals surface area contributed by atoms with Crippen LogP contribution in [0.1, 0.15) is 6.92 Å². The zero-order valence-electron chi connectivity index (χ0n) is 7.85. The van der Waals surface area contributed by atoms with Gasteiger partial charge in [0.25, 0.3) is 0 Å². The van der Waals surface area contributed by atoms with Crippen LogP contribution in [-0.4, -0.2) is 71.9 Å². The third kappa shape index (κ3) is 3.09. The van der Waals surface area contributed by atoms with E-state index in [2.05, 4.69) is 0 Å². The molecule has 0 aromatic heterocycles. The maximum atomic E-state index is 10.2. The lowest BCUT2D eigenvalue weighted by Gasteiger charge is -2.33. The number of carboxylic acids is 1. The van der Waals surface area contributed by atoms with Crippen LogP contribution in [0.25, 0.3) is 0 Å². The minimum Gasteiger partial charge on any atom is -0.479 e. The first-order valence-corrected chi connectivity index (χ1v) is 4.02. The van der Waals surface area contributed by atoms with E-state index in [0.717, 1.165) is 6.92 Å². The van der Waals surface area contributed by atoms with Crippen molar-refractivity contribution in [2.75, 3.05) is 0 Å². The standard InChI is InChI=1S/C7H14O8/c1-2(8)7(14,15)5(11)3(9)4(10)6(12)13/h2-5,8-11,14-15H,1H3,(H,12,13). The Morgan fingerprint density at radius 1 is 1.13 bits per heavy atom. The van der Waals surface area contributed by atoms with Crippen LogP contribution in [0.5, 0.6) is 0 Å². The van der Waals surface area contributed by atoms with Gasteiger partial charge >= 0.3 is 5.97 Å². The van der Waals surface area contributed by atoms with Crippen molar-refractivity contribution in [2.45, 2.75) is 37.1 Å². The normalized spacial score (nSPS) is 20.5. The van der Waals surface area contributed by atoms with E-state index >= 15 is 0 Å². The van der Waals surface area contributed by atoms with E-state index in [4.69, 9.17) is 35.7 Å². The molecular weight excluding hydrogens is 212 g/mol. The molecule has 8 heteroatoms. The molecule has 0 spiro atoms. The first-order chi connectivity index (χ1) is 6.62. The van der Waals surface area contributed by atoms with Crippen molar-refractivity contribution in [3.05, 3.63) is 0 Å². The Balaban J connectivity index is 4.71. The Kier molecular flexibility index (Phi) is 4.59. The molecule has 0 saturated heterocycles. The smallest absolute Gasteiger partial charge is 0.335 e. The molecule has 15 heavy (non-hydrogen) atoms. The quantitative estimate of drug-likeness (QED) is 0.235.